The van der Waals surface area contributed by atoms with Gasteiger partial charge in [-0.1, -0.05) is 12.1 Å². The van der Waals surface area contributed by atoms with E-state index in [2.05, 4.69) is 25.5 Å². The first-order valence-electron chi connectivity index (χ1n) is 8.84. The molecule has 1 amide bonds. The highest BCUT2D eigenvalue weighted by Gasteiger charge is 2.24. The third kappa shape index (κ3) is 2.87. The number of rotatable bonds is 3. The van der Waals surface area contributed by atoms with Crippen molar-refractivity contribution in [2.24, 2.45) is 0 Å². The number of aromatic nitrogens is 4. The number of hydrogen-bond donors (Lipinski definition) is 2. The highest BCUT2D eigenvalue weighted by Crippen LogP contribution is 2.31. The van der Waals surface area contributed by atoms with E-state index < -0.39 is 0 Å². The van der Waals surface area contributed by atoms with Crippen LogP contribution in [0, 0.1) is 0 Å². The van der Waals surface area contributed by atoms with E-state index in [1.807, 2.05) is 66.8 Å². The summed E-state index contributed by atoms with van der Waals surface area (Å²) in [5.74, 6) is 0.459. The molecule has 0 radical (unpaired) electrons. The fraction of sp³-hybridized carbons (Fsp3) is 0. The zero-order chi connectivity index (χ0) is 18.9. The molecule has 134 valence electrons. The number of aromatic amines is 1. The molecule has 0 spiro atoms. The molecule has 6 heteroatoms. The lowest BCUT2D eigenvalue weighted by Crippen LogP contribution is -2.04. The number of carbonyl (C=O) groups is 1. The zero-order valence-electron chi connectivity index (χ0n) is 14.8. The minimum absolute atomic E-state index is 0.141. The Morgan fingerprint density at radius 3 is 2.75 bits per heavy atom. The predicted octanol–water partition coefficient (Wildman–Crippen LogP) is 4.02. The van der Waals surface area contributed by atoms with Crippen LogP contribution in [0.2, 0.25) is 0 Å². The average molecular weight is 365 g/mol. The summed E-state index contributed by atoms with van der Waals surface area (Å²) in [5, 5.41) is 11.2. The summed E-state index contributed by atoms with van der Waals surface area (Å²) in [6.45, 7) is 0. The predicted molar refractivity (Wildman–Crippen MR) is 110 cm³/mol. The van der Waals surface area contributed by atoms with Gasteiger partial charge >= 0.3 is 0 Å². The SMILES string of the molecule is O=C1Nc2ncccc2/C1=C\c1ccc2c(/C=C/c3ccccn3)n[nH]c2c1. The van der Waals surface area contributed by atoms with E-state index in [-0.39, 0.29) is 5.91 Å². The number of hydrogen-bond acceptors (Lipinski definition) is 4. The number of benzene rings is 1. The lowest BCUT2D eigenvalue weighted by molar-refractivity contribution is -0.110. The number of pyridine rings is 2. The molecular weight excluding hydrogens is 350 g/mol. The Morgan fingerprint density at radius 2 is 1.86 bits per heavy atom. The van der Waals surface area contributed by atoms with Crippen LogP contribution in [0.15, 0.2) is 60.9 Å². The van der Waals surface area contributed by atoms with Crippen molar-refractivity contribution in [2.45, 2.75) is 0 Å². The maximum atomic E-state index is 12.3. The number of nitrogens with zero attached hydrogens (tertiary/aromatic N) is 3. The molecule has 0 aliphatic carbocycles. The second kappa shape index (κ2) is 6.59. The molecule has 5 rings (SSSR count). The van der Waals surface area contributed by atoms with E-state index >= 15 is 0 Å². The van der Waals surface area contributed by atoms with Gasteiger partial charge in [-0.2, -0.15) is 5.10 Å². The van der Waals surface area contributed by atoms with Crippen LogP contribution in [0.4, 0.5) is 5.82 Å². The van der Waals surface area contributed by atoms with Gasteiger partial charge in [-0.25, -0.2) is 4.98 Å². The van der Waals surface area contributed by atoms with Crippen LogP contribution in [0.25, 0.3) is 34.7 Å². The summed E-state index contributed by atoms with van der Waals surface area (Å²) < 4.78 is 0. The summed E-state index contributed by atoms with van der Waals surface area (Å²) in [5.41, 5.74) is 4.96. The Kier molecular flexibility index (Phi) is 3.80. The highest BCUT2D eigenvalue weighted by atomic mass is 16.2. The van der Waals surface area contributed by atoms with Gasteiger partial charge in [0.05, 0.1) is 22.5 Å². The molecule has 4 aromatic rings. The van der Waals surface area contributed by atoms with E-state index in [9.17, 15) is 4.79 Å². The van der Waals surface area contributed by atoms with E-state index in [1.165, 1.54) is 0 Å². The molecule has 1 aliphatic rings. The molecule has 28 heavy (non-hydrogen) atoms. The zero-order valence-corrected chi connectivity index (χ0v) is 14.8. The molecule has 0 unspecified atom stereocenters. The van der Waals surface area contributed by atoms with Crippen LogP contribution in [0.1, 0.15) is 22.5 Å². The Morgan fingerprint density at radius 1 is 0.929 bits per heavy atom. The summed E-state index contributed by atoms with van der Waals surface area (Å²) in [6.07, 6.45) is 9.16. The number of nitrogens with one attached hydrogen (secondary N) is 2. The molecule has 1 aromatic carbocycles. The molecule has 0 bridgehead atoms. The van der Waals surface area contributed by atoms with Crippen molar-refractivity contribution in [3.8, 4) is 0 Å². The summed E-state index contributed by atoms with van der Waals surface area (Å²) in [7, 11) is 0. The van der Waals surface area contributed by atoms with Crippen LogP contribution in [0.5, 0.6) is 0 Å². The van der Waals surface area contributed by atoms with E-state index in [4.69, 9.17) is 0 Å². The third-order valence-electron chi connectivity index (χ3n) is 4.60. The maximum absolute atomic E-state index is 12.3. The van der Waals surface area contributed by atoms with Gasteiger partial charge < -0.3 is 5.32 Å². The molecular formula is C22H15N5O. The van der Waals surface area contributed by atoms with Crippen molar-refractivity contribution in [2.75, 3.05) is 5.32 Å². The van der Waals surface area contributed by atoms with Crippen LogP contribution in [0.3, 0.4) is 0 Å². The fourth-order valence-electron chi connectivity index (χ4n) is 3.24. The lowest BCUT2D eigenvalue weighted by Gasteiger charge is -1.99. The highest BCUT2D eigenvalue weighted by molar-refractivity contribution is 6.34. The Hall–Kier alpha value is -4.06. The number of fused-ring (bicyclic) bond motifs is 2. The molecule has 0 saturated carbocycles. The topological polar surface area (TPSA) is 83.6 Å². The van der Waals surface area contributed by atoms with Crippen LogP contribution in [-0.2, 0) is 4.79 Å². The van der Waals surface area contributed by atoms with Crippen LogP contribution < -0.4 is 5.32 Å². The monoisotopic (exact) mass is 365 g/mol. The number of carbonyl (C=O) groups excluding carboxylic acids is 1. The molecule has 3 aromatic heterocycles. The molecule has 4 heterocycles. The fourth-order valence-corrected chi connectivity index (χ4v) is 3.24. The third-order valence-corrected chi connectivity index (χ3v) is 4.60. The van der Waals surface area contributed by atoms with Crippen molar-refractivity contribution < 1.29 is 4.79 Å². The van der Waals surface area contributed by atoms with Gasteiger partial charge in [0.1, 0.15) is 5.82 Å². The summed E-state index contributed by atoms with van der Waals surface area (Å²) in [4.78, 5) is 20.7. The Bertz CT molecular complexity index is 1250. The maximum Gasteiger partial charge on any atom is 0.257 e. The first kappa shape index (κ1) is 16.1. The largest absolute Gasteiger partial charge is 0.306 e. The van der Waals surface area contributed by atoms with Gasteiger partial charge in [-0.05, 0) is 60.2 Å². The number of amides is 1. The van der Waals surface area contributed by atoms with E-state index in [1.54, 1.807) is 12.4 Å². The minimum Gasteiger partial charge on any atom is -0.306 e. The van der Waals surface area contributed by atoms with E-state index in [0.717, 1.165) is 33.4 Å². The van der Waals surface area contributed by atoms with Crippen molar-refractivity contribution >= 4 is 46.4 Å². The standard InChI is InChI=1S/C22H15N5O/c28-22-18(16-5-3-11-24-21(16)25-22)12-14-6-8-17-19(26-27-20(17)13-14)9-7-15-4-1-2-10-23-15/h1-13H,(H,26,27)(H,24,25,28)/b9-7+,18-12+. The van der Waals surface area contributed by atoms with Gasteiger partial charge in [0, 0.05) is 23.3 Å². The molecule has 0 saturated heterocycles. The quantitative estimate of drug-likeness (QED) is 0.537. The van der Waals surface area contributed by atoms with Crippen LogP contribution in [-0.4, -0.2) is 26.1 Å². The van der Waals surface area contributed by atoms with Crippen molar-refractivity contribution in [1.29, 1.82) is 0 Å². The van der Waals surface area contributed by atoms with Gasteiger partial charge in [0.15, 0.2) is 0 Å². The second-order valence-electron chi connectivity index (χ2n) is 6.41. The number of H-pyrrole nitrogens is 1. The number of anilines is 1. The Labute approximate surface area is 160 Å². The second-order valence-corrected chi connectivity index (χ2v) is 6.41. The molecule has 2 N–H and O–H groups in total. The van der Waals surface area contributed by atoms with Gasteiger partial charge in [0.2, 0.25) is 0 Å². The van der Waals surface area contributed by atoms with Crippen molar-refractivity contribution in [3.05, 3.63) is 83.4 Å². The van der Waals surface area contributed by atoms with Gasteiger partial charge in [-0.3, -0.25) is 14.9 Å². The minimum atomic E-state index is -0.141. The molecule has 0 atom stereocenters. The summed E-state index contributed by atoms with van der Waals surface area (Å²) >= 11 is 0. The van der Waals surface area contributed by atoms with Gasteiger partial charge in [-0.15, -0.1) is 0 Å². The van der Waals surface area contributed by atoms with Crippen LogP contribution >= 0.6 is 0 Å². The molecule has 1 aliphatic heterocycles. The smallest absolute Gasteiger partial charge is 0.257 e. The first-order chi connectivity index (χ1) is 13.8. The van der Waals surface area contributed by atoms with Crippen molar-refractivity contribution in [1.82, 2.24) is 20.2 Å². The normalized spacial score (nSPS) is 14.7. The van der Waals surface area contributed by atoms with E-state index in [0.29, 0.717) is 11.4 Å². The average Bonchev–Trinajstić information content (AvgIpc) is 3.28. The molecule has 0 fully saturated rings. The van der Waals surface area contributed by atoms with Crippen molar-refractivity contribution in [3.63, 3.8) is 0 Å². The van der Waals surface area contributed by atoms with Gasteiger partial charge in [0.25, 0.3) is 5.91 Å². The molecule has 6 nitrogen and oxygen atoms in total. The first-order valence-corrected chi connectivity index (χ1v) is 8.84. The lowest BCUT2D eigenvalue weighted by atomic mass is 10.0. The summed E-state index contributed by atoms with van der Waals surface area (Å²) in [6, 6.07) is 15.4. The Balaban J connectivity index is 1.49.